The van der Waals surface area contributed by atoms with Crippen LogP contribution in [0.4, 0.5) is 0 Å². The lowest BCUT2D eigenvalue weighted by Gasteiger charge is -2.13. The summed E-state index contributed by atoms with van der Waals surface area (Å²) in [5.41, 5.74) is 0.825. The van der Waals surface area contributed by atoms with Gasteiger partial charge in [-0.3, -0.25) is 0 Å². The number of nitrogens with zero attached hydrogens (tertiary/aromatic N) is 1. The van der Waals surface area contributed by atoms with Crippen LogP contribution in [0.25, 0.3) is 0 Å². The van der Waals surface area contributed by atoms with Crippen LogP contribution in [0.3, 0.4) is 0 Å². The van der Waals surface area contributed by atoms with Crippen molar-refractivity contribution in [2.45, 2.75) is 24.7 Å². The Kier molecular flexibility index (Phi) is 4.13. The van der Waals surface area contributed by atoms with Gasteiger partial charge in [-0.25, -0.2) is 8.42 Å². The van der Waals surface area contributed by atoms with Crippen LogP contribution in [0.2, 0.25) is 0 Å². The minimum Gasteiger partial charge on any atom is -0.496 e. The first-order chi connectivity index (χ1) is 7.92. The molecule has 0 aromatic heterocycles. The molecule has 0 aliphatic carbocycles. The Hall–Kier alpha value is -1.54. The molecule has 0 fully saturated rings. The SMILES string of the molecule is COc1ccc(S(=O)(=O)CC#N)cc1C(C)C. The molecule has 1 aromatic rings. The van der Waals surface area contributed by atoms with Crippen LogP contribution in [0.1, 0.15) is 25.3 Å². The van der Waals surface area contributed by atoms with E-state index >= 15 is 0 Å². The average Bonchev–Trinajstić information content (AvgIpc) is 2.28. The summed E-state index contributed by atoms with van der Waals surface area (Å²) >= 11 is 0. The van der Waals surface area contributed by atoms with Crippen LogP contribution in [-0.2, 0) is 9.84 Å². The van der Waals surface area contributed by atoms with E-state index in [1.807, 2.05) is 13.8 Å². The first kappa shape index (κ1) is 13.5. The number of ether oxygens (including phenoxy) is 1. The van der Waals surface area contributed by atoms with E-state index in [0.29, 0.717) is 5.75 Å². The minimum atomic E-state index is -3.51. The summed E-state index contributed by atoms with van der Waals surface area (Å²) in [4.78, 5) is 0.170. The second-order valence-electron chi connectivity index (χ2n) is 3.98. The zero-order chi connectivity index (χ0) is 13.1. The minimum absolute atomic E-state index is 0.155. The molecule has 0 N–H and O–H groups in total. The normalized spacial score (nSPS) is 11.2. The molecule has 17 heavy (non-hydrogen) atoms. The lowest BCUT2D eigenvalue weighted by molar-refractivity contribution is 0.407. The molecular weight excluding hydrogens is 238 g/mol. The molecule has 0 heterocycles. The highest BCUT2D eigenvalue weighted by Gasteiger charge is 2.17. The van der Waals surface area contributed by atoms with Crippen LogP contribution < -0.4 is 4.74 Å². The molecule has 0 aliphatic rings. The number of rotatable bonds is 4. The fourth-order valence-electron chi connectivity index (χ4n) is 1.53. The van der Waals surface area contributed by atoms with Gasteiger partial charge in [0, 0.05) is 0 Å². The third kappa shape index (κ3) is 2.98. The van der Waals surface area contributed by atoms with Crippen LogP contribution in [0.15, 0.2) is 23.1 Å². The van der Waals surface area contributed by atoms with Crippen molar-refractivity contribution in [2.24, 2.45) is 0 Å². The van der Waals surface area contributed by atoms with E-state index in [0.717, 1.165) is 5.56 Å². The topological polar surface area (TPSA) is 67.2 Å². The molecule has 0 saturated carbocycles. The Morgan fingerprint density at radius 2 is 2.06 bits per heavy atom. The molecule has 0 saturated heterocycles. The van der Waals surface area contributed by atoms with Gasteiger partial charge in [-0.05, 0) is 29.7 Å². The van der Waals surface area contributed by atoms with Crippen LogP contribution in [-0.4, -0.2) is 21.3 Å². The van der Waals surface area contributed by atoms with Gasteiger partial charge in [0.2, 0.25) is 0 Å². The number of nitriles is 1. The molecule has 1 aromatic carbocycles. The van der Waals surface area contributed by atoms with Gasteiger partial charge in [-0.15, -0.1) is 0 Å². The van der Waals surface area contributed by atoms with E-state index in [1.165, 1.54) is 6.07 Å². The van der Waals surface area contributed by atoms with Gasteiger partial charge < -0.3 is 4.74 Å². The summed E-state index contributed by atoms with van der Waals surface area (Å²) in [6.07, 6.45) is 0. The van der Waals surface area contributed by atoms with E-state index in [-0.39, 0.29) is 10.8 Å². The molecule has 4 nitrogen and oxygen atoms in total. The van der Waals surface area contributed by atoms with E-state index in [4.69, 9.17) is 10.00 Å². The van der Waals surface area contributed by atoms with Gasteiger partial charge in [0.15, 0.2) is 9.84 Å². The van der Waals surface area contributed by atoms with Crippen molar-refractivity contribution in [3.05, 3.63) is 23.8 Å². The molecule has 0 unspecified atom stereocenters. The Balaban J connectivity index is 3.32. The second kappa shape index (κ2) is 5.19. The summed E-state index contributed by atoms with van der Waals surface area (Å²) in [7, 11) is -1.96. The summed E-state index contributed by atoms with van der Waals surface area (Å²) in [6, 6.07) is 6.34. The van der Waals surface area contributed by atoms with Crippen molar-refractivity contribution in [1.82, 2.24) is 0 Å². The van der Waals surface area contributed by atoms with Crippen molar-refractivity contribution in [2.75, 3.05) is 12.9 Å². The van der Waals surface area contributed by atoms with Crippen molar-refractivity contribution >= 4 is 9.84 Å². The second-order valence-corrected chi connectivity index (χ2v) is 5.97. The molecule has 5 heteroatoms. The monoisotopic (exact) mass is 253 g/mol. The Labute approximate surface area is 102 Å². The molecule has 0 bridgehead atoms. The van der Waals surface area contributed by atoms with Gasteiger partial charge in [-0.2, -0.15) is 5.26 Å². The quantitative estimate of drug-likeness (QED) is 0.824. The zero-order valence-corrected chi connectivity index (χ0v) is 10.9. The molecular formula is C12H15NO3S. The summed E-state index contributed by atoms with van der Waals surface area (Å²) in [6.45, 7) is 3.91. The number of methoxy groups -OCH3 is 1. The van der Waals surface area contributed by atoms with Crippen LogP contribution in [0, 0.1) is 11.3 Å². The van der Waals surface area contributed by atoms with E-state index < -0.39 is 15.6 Å². The van der Waals surface area contributed by atoms with Gasteiger partial charge in [0.1, 0.15) is 11.5 Å². The largest absolute Gasteiger partial charge is 0.496 e. The molecule has 1 rings (SSSR count). The van der Waals surface area contributed by atoms with Gasteiger partial charge in [-0.1, -0.05) is 13.8 Å². The van der Waals surface area contributed by atoms with Crippen molar-refractivity contribution < 1.29 is 13.2 Å². The van der Waals surface area contributed by atoms with E-state index in [9.17, 15) is 8.42 Å². The maximum absolute atomic E-state index is 11.7. The standard InChI is InChI=1S/C12H15NO3S/c1-9(2)11-8-10(4-5-12(11)16-3)17(14,15)7-6-13/h4-5,8-9H,7H2,1-3H3. The van der Waals surface area contributed by atoms with E-state index in [2.05, 4.69) is 0 Å². The third-order valence-corrected chi connectivity index (χ3v) is 3.92. The number of sulfone groups is 1. The Bertz CT molecular complexity index is 541. The number of benzene rings is 1. The van der Waals surface area contributed by atoms with Gasteiger partial charge in [0.25, 0.3) is 0 Å². The van der Waals surface area contributed by atoms with E-state index in [1.54, 1.807) is 25.3 Å². The van der Waals surface area contributed by atoms with Crippen LogP contribution in [0.5, 0.6) is 5.75 Å². The molecule has 0 spiro atoms. The Morgan fingerprint density at radius 1 is 1.41 bits per heavy atom. The van der Waals surface area contributed by atoms with Gasteiger partial charge >= 0.3 is 0 Å². The van der Waals surface area contributed by atoms with Crippen LogP contribution >= 0.6 is 0 Å². The third-order valence-electron chi connectivity index (χ3n) is 2.44. The molecule has 0 aliphatic heterocycles. The highest BCUT2D eigenvalue weighted by atomic mass is 32.2. The number of hydrogen-bond acceptors (Lipinski definition) is 4. The maximum Gasteiger partial charge on any atom is 0.191 e. The Morgan fingerprint density at radius 3 is 2.53 bits per heavy atom. The highest BCUT2D eigenvalue weighted by Crippen LogP contribution is 2.29. The zero-order valence-electron chi connectivity index (χ0n) is 10.1. The molecule has 0 amide bonds. The predicted molar refractivity (Wildman–Crippen MR) is 64.7 cm³/mol. The summed E-state index contributed by atoms with van der Waals surface area (Å²) in [5, 5.41) is 8.49. The first-order valence-corrected chi connectivity index (χ1v) is 6.85. The lowest BCUT2D eigenvalue weighted by Crippen LogP contribution is -2.06. The van der Waals surface area contributed by atoms with Gasteiger partial charge in [0.05, 0.1) is 18.1 Å². The number of hydrogen-bond donors (Lipinski definition) is 0. The summed E-state index contributed by atoms with van der Waals surface area (Å²) < 4.78 is 28.7. The maximum atomic E-state index is 11.7. The fraction of sp³-hybridized carbons (Fsp3) is 0.417. The molecule has 0 radical (unpaired) electrons. The summed E-state index contributed by atoms with van der Waals surface area (Å²) in [5.74, 6) is 0.315. The first-order valence-electron chi connectivity index (χ1n) is 5.20. The fourth-order valence-corrected chi connectivity index (χ4v) is 2.44. The highest BCUT2D eigenvalue weighted by molar-refractivity contribution is 7.91. The smallest absolute Gasteiger partial charge is 0.191 e. The molecule has 0 atom stereocenters. The predicted octanol–water partition coefficient (Wildman–Crippen LogP) is 2.12. The van der Waals surface area contributed by atoms with Crippen molar-refractivity contribution in [1.29, 1.82) is 5.26 Å². The van der Waals surface area contributed by atoms with Crippen molar-refractivity contribution in [3.63, 3.8) is 0 Å². The average molecular weight is 253 g/mol. The molecule has 92 valence electrons. The lowest BCUT2D eigenvalue weighted by atomic mass is 10.0. The van der Waals surface area contributed by atoms with Crippen molar-refractivity contribution in [3.8, 4) is 11.8 Å².